The van der Waals surface area contributed by atoms with Crippen LogP contribution in [0.4, 0.5) is 0 Å². The molecule has 180 valence electrons. The van der Waals surface area contributed by atoms with Crippen molar-refractivity contribution in [3.8, 4) is 33.6 Å². The molecule has 3 aromatic heterocycles. The third kappa shape index (κ3) is 2.90. The van der Waals surface area contributed by atoms with Crippen LogP contribution in [0.3, 0.4) is 0 Å². The number of nitrogens with zero attached hydrogens (tertiary/aromatic N) is 3. The molecule has 1 aliphatic carbocycles. The van der Waals surface area contributed by atoms with Gasteiger partial charge in [-0.3, -0.25) is 0 Å². The van der Waals surface area contributed by atoms with E-state index in [2.05, 4.69) is 109 Å². The molecule has 0 amide bonds. The Morgan fingerprint density at radius 2 is 1.45 bits per heavy atom. The lowest BCUT2D eigenvalue weighted by atomic mass is 9.78. The van der Waals surface area contributed by atoms with Crippen molar-refractivity contribution < 1.29 is 0 Å². The van der Waals surface area contributed by atoms with Crippen LogP contribution in [0.15, 0.2) is 116 Å². The number of rotatable bonds is 2. The number of imidazole rings is 1. The summed E-state index contributed by atoms with van der Waals surface area (Å²) in [6, 6.07) is 36.8. The van der Waals surface area contributed by atoms with Crippen molar-refractivity contribution in [2.45, 2.75) is 19.3 Å². The van der Waals surface area contributed by atoms with Crippen LogP contribution >= 0.6 is 0 Å². The van der Waals surface area contributed by atoms with Crippen LogP contribution in [-0.2, 0) is 5.41 Å². The molecule has 7 aromatic rings. The van der Waals surface area contributed by atoms with E-state index in [1.54, 1.807) is 0 Å². The summed E-state index contributed by atoms with van der Waals surface area (Å²) in [7, 11) is 0. The molecule has 0 radical (unpaired) electrons. The summed E-state index contributed by atoms with van der Waals surface area (Å²) in [6.45, 7) is 4.68. The van der Waals surface area contributed by atoms with Crippen molar-refractivity contribution in [2.75, 3.05) is 0 Å². The first-order valence-electron chi connectivity index (χ1n) is 13.1. The molecule has 0 aliphatic heterocycles. The molecule has 0 unspecified atom stereocenters. The summed E-state index contributed by atoms with van der Waals surface area (Å²) in [5.41, 5.74) is 11.4. The maximum absolute atomic E-state index is 5.31. The standard InChI is InChI=1S/C35H25N3/c1-35(2)27-12-6-5-11-26(27)34-33(35)31(32-25-10-4-3-9-22(25)18-19-28(32)37-34)24-16-14-23(15-17-24)29-21-38-20-8-7-13-30(38)36-29/h3-21H,1-2H3. The van der Waals surface area contributed by atoms with Gasteiger partial charge in [-0.05, 0) is 51.2 Å². The Bertz CT molecular complexity index is 2010. The zero-order valence-electron chi connectivity index (χ0n) is 21.3. The van der Waals surface area contributed by atoms with Gasteiger partial charge in [0.15, 0.2) is 0 Å². The van der Waals surface area contributed by atoms with Crippen LogP contribution in [0.25, 0.3) is 61.0 Å². The summed E-state index contributed by atoms with van der Waals surface area (Å²) in [5, 5.41) is 3.70. The lowest BCUT2D eigenvalue weighted by Gasteiger charge is -2.25. The molecule has 0 atom stereocenters. The van der Waals surface area contributed by atoms with Crippen LogP contribution in [0.5, 0.6) is 0 Å². The van der Waals surface area contributed by atoms with E-state index in [1.807, 2.05) is 24.4 Å². The fourth-order valence-electron chi connectivity index (χ4n) is 6.38. The van der Waals surface area contributed by atoms with Gasteiger partial charge in [0, 0.05) is 34.3 Å². The monoisotopic (exact) mass is 487 g/mol. The molecular formula is C35H25N3. The van der Waals surface area contributed by atoms with E-state index >= 15 is 0 Å². The molecule has 4 aromatic carbocycles. The van der Waals surface area contributed by atoms with Crippen LogP contribution in [-0.4, -0.2) is 14.4 Å². The number of fused-ring (bicyclic) bond motifs is 7. The minimum absolute atomic E-state index is 0.167. The topological polar surface area (TPSA) is 30.2 Å². The normalized spacial score (nSPS) is 13.7. The molecule has 1 aliphatic rings. The highest BCUT2D eigenvalue weighted by Crippen LogP contribution is 2.53. The van der Waals surface area contributed by atoms with Crippen molar-refractivity contribution >= 4 is 27.3 Å². The molecule has 3 nitrogen and oxygen atoms in total. The fraction of sp³-hybridized carbons (Fsp3) is 0.0857. The van der Waals surface area contributed by atoms with Gasteiger partial charge < -0.3 is 4.40 Å². The number of aromatic nitrogens is 3. The molecule has 0 saturated heterocycles. The maximum atomic E-state index is 5.31. The Morgan fingerprint density at radius 3 is 2.32 bits per heavy atom. The molecule has 0 spiro atoms. The molecule has 0 N–H and O–H groups in total. The number of hydrogen-bond donors (Lipinski definition) is 0. The van der Waals surface area contributed by atoms with Crippen molar-refractivity contribution in [2.24, 2.45) is 0 Å². The van der Waals surface area contributed by atoms with Crippen LogP contribution < -0.4 is 0 Å². The van der Waals surface area contributed by atoms with Gasteiger partial charge in [-0.2, -0.15) is 0 Å². The second-order valence-corrected chi connectivity index (χ2v) is 10.7. The second-order valence-electron chi connectivity index (χ2n) is 10.7. The Labute approximate surface area is 221 Å². The highest BCUT2D eigenvalue weighted by molar-refractivity contribution is 6.15. The highest BCUT2D eigenvalue weighted by atomic mass is 15.0. The predicted octanol–water partition coefficient (Wildman–Crippen LogP) is 8.68. The highest BCUT2D eigenvalue weighted by Gasteiger charge is 2.39. The fourth-order valence-corrected chi connectivity index (χ4v) is 6.38. The average Bonchev–Trinajstić information content (AvgIpc) is 3.49. The molecule has 3 heterocycles. The Hall–Kier alpha value is -4.76. The van der Waals surface area contributed by atoms with E-state index in [-0.39, 0.29) is 5.41 Å². The minimum Gasteiger partial charge on any atom is -0.306 e. The molecule has 0 bridgehead atoms. The van der Waals surface area contributed by atoms with Crippen molar-refractivity contribution in [1.29, 1.82) is 0 Å². The van der Waals surface area contributed by atoms with Gasteiger partial charge in [0.1, 0.15) is 5.65 Å². The van der Waals surface area contributed by atoms with E-state index in [0.717, 1.165) is 28.1 Å². The first-order valence-corrected chi connectivity index (χ1v) is 13.1. The quantitative estimate of drug-likeness (QED) is 0.228. The number of benzene rings is 4. The van der Waals surface area contributed by atoms with Crippen LogP contribution in [0.1, 0.15) is 25.0 Å². The summed E-state index contributed by atoms with van der Waals surface area (Å²) in [6.07, 6.45) is 4.13. The van der Waals surface area contributed by atoms with Gasteiger partial charge in [0.2, 0.25) is 0 Å². The zero-order chi connectivity index (χ0) is 25.4. The summed E-state index contributed by atoms with van der Waals surface area (Å²) in [5.74, 6) is 0. The van der Waals surface area contributed by atoms with E-state index in [9.17, 15) is 0 Å². The van der Waals surface area contributed by atoms with Crippen LogP contribution in [0.2, 0.25) is 0 Å². The number of hydrogen-bond acceptors (Lipinski definition) is 2. The summed E-state index contributed by atoms with van der Waals surface area (Å²) >= 11 is 0. The van der Waals surface area contributed by atoms with Gasteiger partial charge >= 0.3 is 0 Å². The Kier molecular flexibility index (Phi) is 4.28. The lowest BCUT2D eigenvalue weighted by Crippen LogP contribution is -2.16. The van der Waals surface area contributed by atoms with Crippen molar-refractivity contribution in [3.05, 3.63) is 127 Å². The lowest BCUT2D eigenvalue weighted by molar-refractivity contribution is 0.662. The predicted molar refractivity (Wildman–Crippen MR) is 156 cm³/mol. The van der Waals surface area contributed by atoms with E-state index in [1.165, 1.54) is 44.0 Å². The average molecular weight is 488 g/mol. The Morgan fingerprint density at radius 1 is 0.684 bits per heavy atom. The molecule has 0 saturated carbocycles. The first kappa shape index (κ1) is 21.3. The minimum atomic E-state index is -0.167. The smallest absolute Gasteiger partial charge is 0.137 e. The van der Waals surface area contributed by atoms with Gasteiger partial charge in [0.05, 0.1) is 16.9 Å². The molecular weight excluding hydrogens is 462 g/mol. The third-order valence-corrected chi connectivity index (χ3v) is 8.19. The molecule has 0 fully saturated rings. The Balaban J connectivity index is 1.43. The van der Waals surface area contributed by atoms with Gasteiger partial charge in [0.25, 0.3) is 0 Å². The second kappa shape index (κ2) is 7.62. The molecule has 3 heteroatoms. The first-order chi connectivity index (χ1) is 18.6. The SMILES string of the molecule is CC1(C)c2ccccc2-c2nc3ccc4ccccc4c3c(-c3ccc(-c4cn5ccccc5n4)cc3)c21. The van der Waals surface area contributed by atoms with Gasteiger partial charge in [-0.15, -0.1) is 0 Å². The molecule has 38 heavy (non-hydrogen) atoms. The number of pyridine rings is 2. The van der Waals surface area contributed by atoms with E-state index in [0.29, 0.717) is 0 Å². The van der Waals surface area contributed by atoms with Crippen molar-refractivity contribution in [3.63, 3.8) is 0 Å². The van der Waals surface area contributed by atoms with E-state index < -0.39 is 0 Å². The summed E-state index contributed by atoms with van der Waals surface area (Å²) in [4.78, 5) is 10.1. The largest absolute Gasteiger partial charge is 0.306 e. The third-order valence-electron chi connectivity index (χ3n) is 8.19. The zero-order valence-corrected chi connectivity index (χ0v) is 21.3. The summed E-state index contributed by atoms with van der Waals surface area (Å²) < 4.78 is 2.07. The van der Waals surface area contributed by atoms with E-state index in [4.69, 9.17) is 9.97 Å². The van der Waals surface area contributed by atoms with Crippen LogP contribution in [0, 0.1) is 0 Å². The molecule has 8 rings (SSSR count). The van der Waals surface area contributed by atoms with Crippen molar-refractivity contribution in [1.82, 2.24) is 14.4 Å². The maximum Gasteiger partial charge on any atom is 0.137 e. The van der Waals surface area contributed by atoms with Gasteiger partial charge in [-0.1, -0.05) is 98.8 Å². The van der Waals surface area contributed by atoms with Gasteiger partial charge in [-0.25, -0.2) is 9.97 Å².